The Labute approximate surface area is 317 Å². The third-order valence-corrected chi connectivity index (χ3v) is 12.3. The smallest absolute Gasteiger partial charge is 0.160 e. The molecule has 0 fully saturated rings. The van der Waals surface area contributed by atoms with Crippen LogP contribution in [0.25, 0.3) is 76.0 Å². The standard InChI is InChI=1S/C51H32N2S/c1-2-12-33(13-3-1)34-22-24-35(25-23-34)49-43-17-6-10-20-46(43)52-50(53-49)36-26-28-37(29-27-36)51(44-18-8-4-14-39(44)40-15-5-9-19-45(40)51)38-30-31-42-41-16-7-11-21-47(41)54-48(42)32-38/h1-32H. The average Bonchev–Trinajstić information content (AvgIpc) is 3.77. The van der Waals surface area contributed by atoms with Gasteiger partial charge < -0.3 is 0 Å². The van der Waals surface area contributed by atoms with E-state index in [1.807, 2.05) is 11.3 Å². The van der Waals surface area contributed by atoms with Crippen molar-refractivity contribution >= 4 is 42.4 Å². The lowest BCUT2D eigenvalue weighted by Gasteiger charge is -2.34. The van der Waals surface area contributed by atoms with Crippen molar-refractivity contribution in [2.24, 2.45) is 0 Å². The SMILES string of the molecule is c1ccc(-c2ccc(-c3nc(-c4ccc(C5(c6ccc7c(c6)sc6ccccc67)c6ccccc6-c6ccccc65)cc4)nc4ccccc34)cc2)cc1. The van der Waals surface area contributed by atoms with E-state index in [4.69, 9.17) is 9.97 Å². The van der Waals surface area contributed by atoms with Gasteiger partial charge in [0.1, 0.15) is 0 Å². The molecular formula is C51H32N2S. The van der Waals surface area contributed by atoms with Crippen LogP contribution in [-0.2, 0) is 5.41 Å². The van der Waals surface area contributed by atoms with E-state index in [0.29, 0.717) is 0 Å². The van der Waals surface area contributed by atoms with Gasteiger partial charge >= 0.3 is 0 Å². The summed E-state index contributed by atoms with van der Waals surface area (Å²) in [6.45, 7) is 0. The molecule has 8 aromatic carbocycles. The normalized spacial score (nSPS) is 13.0. The van der Waals surface area contributed by atoms with Crippen LogP contribution in [0.4, 0.5) is 0 Å². The largest absolute Gasteiger partial charge is 0.228 e. The summed E-state index contributed by atoms with van der Waals surface area (Å²) in [6.07, 6.45) is 0. The van der Waals surface area contributed by atoms with E-state index < -0.39 is 5.41 Å². The molecule has 0 N–H and O–H groups in total. The lowest BCUT2D eigenvalue weighted by atomic mass is 9.67. The molecule has 0 spiro atoms. The van der Waals surface area contributed by atoms with Crippen LogP contribution in [0, 0.1) is 0 Å². The van der Waals surface area contributed by atoms with E-state index in [1.54, 1.807) is 0 Å². The summed E-state index contributed by atoms with van der Waals surface area (Å²) >= 11 is 1.87. The zero-order valence-electron chi connectivity index (χ0n) is 29.3. The number of rotatable bonds is 5. The number of hydrogen-bond donors (Lipinski definition) is 0. The molecule has 252 valence electrons. The number of fused-ring (bicyclic) bond motifs is 7. The molecule has 0 aliphatic heterocycles. The van der Waals surface area contributed by atoms with Crippen molar-refractivity contribution in [2.75, 3.05) is 0 Å². The molecule has 54 heavy (non-hydrogen) atoms. The molecule has 10 aromatic rings. The number of para-hydroxylation sites is 1. The Morgan fingerprint density at radius 3 is 1.69 bits per heavy atom. The summed E-state index contributed by atoms with van der Waals surface area (Å²) in [7, 11) is 0. The molecule has 0 bridgehead atoms. The molecule has 0 amide bonds. The summed E-state index contributed by atoms with van der Waals surface area (Å²) in [6, 6.07) is 70.3. The number of benzene rings is 8. The molecule has 0 saturated heterocycles. The van der Waals surface area contributed by atoms with Gasteiger partial charge in [-0.3, -0.25) is 0 Å². The van der Waals surface area contributed by atoms with Gasteiger partial charge in [-0.15, -0.1) is 11.3 Å². The maximum atomic E-state index is 5.26. The fourth-order valence-electron chi connectivity index (χ4n) is 8.73. The van der Waals surface area contributed by atoms with Crippen LogP contribution in [0.5, 0.6) is 0 Å². The third kappa shape index (κ3) is 4.65. The molecule has 0 radical (unpaired) electrons. The summed E-state index contributed by atoms with van der Waals surface area (Å²) in [4.78, 5) is 10.4. The first-order valence-corrected chi connectivity index (χ1v) is 19.2. The van der Waals surface area contributed by atoms with E-state index in [2.05, 4.69) is 194 Å². The molecule has 2 heterocycles. The monoisotopic (exact) mass is 704 g/mol. The molecule has 2 nitrogen and oxygen atoms in total. The zero-order chi connectivity index (χ0) is 35.6. The minimum absolute atomic E-state index is 0.494. The Morgan fingerprint density at radius 1 is 0.370 bits per heavy atom. The second-order valence-corrected chi connectivity index (χ2v) is 15.2. The van der Waals surface area contributed by atoms with E-state index in [-0.39, 0.29) is 0 Å². The van der Waals surface area contributed by atoms with Crippen molar-refractivity contribution < 1.29 is 0 Å². The van der Waals surface area contributed by atoms with E-state index in [9.17, 15) is 0 Å². The number of hydrogen-bond acceptors (Lipinski definition) is 3. The van der Waals surface area contributed by atoms with Crippen molar-refractivity contribution in [1.82, 2.24) is 9.97 Å². The molecule has 2 aromatic heterocycles. The fourth-order valence-corrected chi connectivity index (χ4v) is 9.87. The minimum Gasteiger partial charge on any atom is -0.228 e. The van der Waals surface area contributed by atoms with Crippen LogP contribution in [0.1, 0.15) is 22.3 Å². The molecule has 11 rings (SSSR count). The minimum atomic E-state index is -0.494. The van der Waals surface area contributed by atoms with Crippen LogP contribution in [0.15, 0.2) is 194 Å². The van der Waals surface area contributed by atoms with Crippen molar-refractivity contribution in [3.05, 3.63) is 216 Å². The Morgan fingerprint density at radius 2 is 0.926 bits per heavy atom. The summed E-state index contributed by atoms with van der Waals surface area (Å²) in [5.41, 5.74) is 13.5. The first-order chi connectivity index (χ1) is 26.8. The predicted molar refractivity (Wildman–Crippen MR) is 226 cm³/mol. The van der Waals surface area contributed by atoms with Crippen molar-refractivity contribution in [2.45, 2.75) is 5.41 Å². The molecule has 0 atom stereocenters. The van der Waals surface area contributed by atoms with Crippen LogP contribution >= 0.6 is 11.3 Å². The van der Waals surface area contributed by atoms with Gasteiger partial charge in [0.05, 0.1) is 16.6 Å². The summed E-state index contributed by atoms with van der Waals surface area (Å²) in [5.74, 6) is 0.718. The van der Waals surface area contributed by atoms with Crippen LogP contribution in [0.2, 0.25) is 0 Å². The van der Waals surface area contributed by atoms with Gasteiger partial charge in [-0.05, 0) is 62.7 Å². The van der Waals surface area contributed by atoms with E-state index in [1.165, 1.54) is 64.7 Å². The summed E-state index contributed by atoms with van der Waals surface area (Å²) in [5, 5.41) is 3.67. The van der Waals surface area contributed by atoms with Crippen LogP contribution in [-0.4, -0.2) is 9.97 Å². The Balaban J connectivity index is 1.07. The first-order valence-electron chi connectivity index (χ1n) is 18.4. The highest BCUT2D eigenvalue weighted by molar-refractivity contribution is 7.25. The zero-order valence-corrected chi connectivity index (χ0v) is 30.1. The predicted octanol–water partition coefficient (Wildman–Crippen LogP) is 13.4. The van der Waals surface area contributed by atoms with Crippen molar-refractivity contribution in [1.29, 1.82) is 0 Å². The molecule has 3 heteroatoms. The Kier molecular flexibility index (Phi) is 6.98. The Bertz CT molecular complexity index is 2990. The first kappa shape index (κ1) is 30.9. The summed E-state index contributed by atoms with van der Waals surface area (Å²) < 4.78 is 2.62. The van der Waals surface area contributed by atoms with Gasteiger partial charge in [-0.2, -0.15) is 0 Å². The fraction of sp³-hybridized carbons (Fsp3) is 0.0196. The second kappa shape index (κ2) is 12.2. The number of nitrogens with zero attached hydrogens (tertiary/aromatic N) is 2. The van der Waals surface area contributed by atoms with Gasteiger partial charge in [0, 0.05) is 36.7 Å². The second-order valence-electron chi connectivity index (χ2n) is 14.1. The highest BCUT2D eigenvalue weighted by Crippen LogP contribution is 2.56. The van der Waals surface area contributed by atoms with Gasteiger partial charge in [0.25, 0.3) is 0 Å². The molecule has 0 saturated carbocycles. The lowest BCUT2D eigenvalue weighted by Crippen LogP contribution is -2.28. The molecule has 1 aliphatic carbocycles. The lowest BCUT2D eigenvalue weighted by molar-refractivity contribution is 0.770. The van der Waals surface area contributed by atoms with Gasteiger partial charge in [0.2, 0.25) is 0 Å². The topological polar surface area (TPSA) is 25.8 Å². The third-order valence-electron chi connectivity index (χ3n) is 11.2. The van der Waals surface area contributed by atoms with Gasteiger partial charge in [-0.1, -0.05) is 176 Å². The highest BCUT2D eigenvalue weighted by atomic mass is 32.1. The van der Waals surface area contributed by atoms with Gasteiger partial charge in [0.15, 0.2) is 5.82 Å². The number of aromatic nitrogens is 2. The Hall–Kier alpha value is -6.68. The molecule has 1 aliphatic rings. The van der Waals surface area contributed by atoms with Crippen LogP contribution in [0.3, 0.4) is 0 Å². The average molecular weight is 705 g/mol. The maximum absolute atomic E-state index is 5.26. The maximum Gasteiger partial charge on any atom is 0.160 e. The number of thiophene rings is 1. The quantitative estimate of drug-likeness (QED) is 0.178. The van der Waals surface area contributed by atoms with Crippen LogP contribution < -0.4 is 0 Å². The van der Waals surface area contributed by atoms with E-state index >= 15 is 0 Å². The van der Waals surface area contributed by atoms with Gasteiger partial charge in [-0.25, -0.2) is 9.97 Å². The van der Waals surface area contributed by atoms with E-state index in [0.717, 1.165) is 33.5 Å². The molecule has 0 unspecified atom stereocenters. The molecular weight excluding hydrogens is 673 g/mol. The van der Waals surface area contributed by atoms with Crippen molar-refractivity contribution in [3.63, 3.8) is 0 Å². The van der Waals surface area contributed by atoms with Crippen molar-refractivity contribution in [3.8, 4) is 44.9 Å². The highest BCUT2D eigenvalue weighted by Gasteiger charge is 2.46.